The molecule has 0 aliphatic carbocycles. The summed E-state index contributed by atoms with van der Waals surface area (Å²) in [6.07, 6.45) is 0.722. The molecule has 0 aromatic heterocycles. The Kier molecular flexibility index (Phi) is 6.38. The maximum absolute atomic E-state index is 14.0. The third-order valence-corrected chi connectivity index (χ3v) is 5.75. The van der Waals surface area contributed by atoms with Crippen molar-refractivity contribution >= 4 is 13.9 Å². The number of halogens is 1. The van der Waals surface area contributed by atoms with Crippen LogP contribution in [0.3, 0.4) is 0 Å². The molecule has 0 saturated carbocycles. The molecule has 2 atom stereocenters. The lowest BCUT2D eigenvalue weighted by atomic mass is 10.00. The van der Waals surface area contributed by atoms with Gasteiger partial charge in [0.05, 0.1) is 0 Å². The molecule has 4 heteroatoms. The first-order valence-corrected chi connectivity index (χ1v) is 9.67. The fourth-order valence-corrected chi connectivity index (χ4v) is 4.29. The molecule has 0 amide bonds. The molecule has 134 valence electrons. The summed E-state index contributed by atoms with van der Waals surface area (Å²) in [4.78, 5) is 0. The monoisotopic (exact) mass is 368 g/mol. The van der Waals surface area contributed by atoms with Crippen LogP contribution in [0, 0.1) is 5.82 Å². The van der Waals surface area contributed by atoms with Crippen molar-refractivity contribution in [2.45, 2.75) is 19.0 Å². The molecule has 3 rings (SSSR count). The van der Waals surface area contributed by atoms with Gasteiger partial charge in [0, 0.05) is 22.9 Å². The molecule has 1 N–H and O–H groups in total. The van der Waals surface area contributed by atoms with E-state index in [1.165, 1.54) is 11.6 Å². The molecule has 0 bridgehead atoms. The van der Waals surface area contributed by atoms with Crippen molar-refractivity contribution in [3.8, 4) is 5.75 Å². The maximum atomic E-state index is 14.0. The van der Waals surface area contributed by atoms with Crippen LogP contribution in [0.25, 0.3) is 0 Å². The number of aliphatic hydroxyl groups is 1. The van der Waals surface area contributed by atoms with E-state index < -0.39 is 0 Å². The van der Waals surface area contributed by atoms with E-state index in [-0.39, 0.29) is 26.8 Å². The van der Waals surface area contributed by atoms with Crippen molar-refractivity contribution < 1.29 is 14.2 Å². The van der Waals surface area contributed by atoms with Crippen LogP contribution in [-0.4, -0.2) is 11.9 Å². The Labute approximate surface area is 155 Å². The van der Waals surface area contributed by atoms with Crippen molar-refractivity contribution in [1.82, 2.24) is 0 Å². The van der Waals surface area contributed by atoms with Gasteiger partial charge in [0.25, 0.3) is 0 Å². The fraction of sp³-hybridized carbons (Fsp3) is 0.182. The van der Waals surface area contributed by atoms with Gasteiger partial charge in [-0.25, -0.2) is 4.39 Å². The van der Waals surface area contributed by atoms with Gasteiger partial charge in [0.15, 0.2) is 6.79 Å². The predicted molar refractivity (Wildman–Crippen MR) is 106 cm³/mol. The maximum Gasteiger partial charge on any atom is 0.186 e. The Morgan fingerprint density at radius 3 is 2.42 bits per heavy atom. The molecule has 26 heavy (non-hydrogen) atoms. The quantitative estimate of drug-likeness (QED) is 0.479. The van der Waals surface area contributed by atoms with Crippen molar-refractivity contribution in [3.63, 3.8) is 0 Å². The topological polar surface area (TPSA) is 29.5 Å². The van der Waals surface area contributed by atoms with Crippen molar-refractivity contribution in [2.24, 2.45) is 0 Å². The number of aliphatic hydroxyl groups excluding tert-OH is 1. The average molecular weight is 368 g/mol. The lowest BCUT2D eigenvalue weighted by Gasteiger charge is -2.20. The number of ether oxygens (including phenoxy) is 1. The van der Waals surface area contributed by atoms with E-state index in [4.69, 9.17) is 4.74 Å². The molecular weight excluding hydrogens is 346 g/mol. The smallest absolute Gasteiger partial charge is 0.186 e. The molecule has 0 saturated heterocycles. The zero-order valence-corrected chi connectivity index (χ0v) is 15.7. The first kappa shape index (κ1) is 18.6. The summed E-state index contributed by atoms with van der Waals surface area (Å²) in [5.74, 6) is 0.526. The van der Waals surface area contributed by atoms with Gasteiger partial charge in [-0.3, -0.25) is 0 Å². The normalized spacial score (nSPS) is 12.4. The summed E-state index contributed by atoms with van der Waals surface area (Å²) in [6.45, 7) is 1.69. The highest BCUT2D eigenvalue weighted by atomic mass is 31.1. The average Bonchev–Trinajstić information content (AvgIpc) is 2.66. The number of benzene rings is 3. The lowest BCUT2D eigenvalue weighted by Crippen LogP contribution is -2.07. The summed E-state index contributed by atoms with van der Waals surface area (Å²) in [5.41, 5.74) is 3.28. The lowest BCUT2D eigenvalue weighted by molar-refractivity contribution is 0.0967. The number of rotatable bonds is 7. The zero-order valence-electron chi connectivity index (χ0n) is 14.7. The molecule has 0 spiro atoms. The van der Waals surface area contributed by atoms with E-state index >= 15 is 0 Å². The van der Waals surface area contributed by atoms with Gasteiger partial charge < -0.3 is 9.84 Å². The van der Waals surface area contributed by atoms with Crippen LogP contribution < -0.4 is 10.0 Å². The van der Waals surface area contributed by atoms with Gasteiger partial charge in [-0.1, -0.05) is 82.2 Å². The summed E-state index contributed by atoms with van der Waals surface area (Å²) in [5, 5.41) is 10.1. The largest absolute Gasteiger partial charge is 0.467 e. The Morgan fingerprint density at radius 1 is 0.962 bits per heavy atom. The molecule has 2 nitrogen and oxygen atoms in total. The minimum absolute atomic E-state index is 0.0872. The summed E-state index contributed by atoms with van der Waals surface area (Å²) in [6, 6.07) is 23.0. The second kappa shape index (κ2) is 8.93. The molecule has 0 fully saturated rings. The highest BCUT2D eigenvalue weighted by Gasteiger charge is 2.17. The minimum atomic E-state index is -0.381. The summed E-state index contributed by atoms with van der Waals surface area (Å²) < 4.78 is 19.6. The molecule has 2 unspecified atom stereocenters. The Bertz CT molecular complexity index is 852. The zero-order chi connectivity index (χ0) is 18.4. The van der Waals surface area contributed by atoms with Gasteiger partial charge >= 0.3 is 0 Å². The summed E-state index contributed by atoms with van der Waals surface area (Å²) >= 11 is 0. The van der Waals surface area contributed by atoms with Crippen LogP contribution in [0.2, 0.25) is 0 Å². The highest BCUT2D eigenvalue weighted by molar-refractivity contribution is 7.47. The van der Waals surface area contributed by atoms with E-state index in [1.54, 1.807) is 6.07 Å². The van der Waals surface area contributed by atoms with Crippen LogP contribution in [0.1, 0.15) is 29.3 Å². The molecule has 0 heterocycles. The van der Waals surface area contributed by atoms with Gasteiger partial charge in [-0.05, 0) is 17.2 Å². The van der Waals surface area contributed by atoms with E-state index in [1.807, 2.05) is 48.5 Å². The molecule has 0 aliphatic rings. The third kappa shape index (κ3) is 4.49. The highest BCUT2D eigenvalue weighted by Crippen LogP contribution is 2.40. The first-order chi connectivity index (χ1) is 12.7. The number of hydrogen-bond donors (Lipinski definition) is 1. The van der Waals surface area contributed by atoms with Crippen molar-refractivity contribution in [2.75, 3.05) is 6.79 Å². The van der Waals surface area contributed by atoms with Crippen LogP contribution in [0.15, 0.2) is 72.8 Å². The van der Waals surface area contributed by atoms with Crippen LogP contribution in [-0.2, 0) is 6.42 Å². The van der Waals surface area contributed by atoms with Gasteiger partial charge in [0.2, 0.25) is 0 Å². The van der Waals surface area contributed by atoms with Crippen LogP contribution in [0.5, 0.6) is 5.75 Å². The molecular formula is C22H22FO2P. The Balaban J connectivity index is 1.90. The van der Waals surface area contributed by atoms with Gasteiger partial charge in [0.1, 0.15) is 11.6 Å². The van der Waals surface area contributed by atoms with E-state index in [2.05, 4.69) is 19.1 Å². The fourth-order valence-electron chi connectivity index (χ4n) is 3.03. The van der Waals surface area contributed by atoms with Gasteiger partial charge in [-0.15, -0.1) is 0 Å². The Morgan fingerprint density at radius 2 is 1.69 bits per heavy atom. The molecule has 3 aromatic rings. The number of para-hydroxylation sites is 1. The molecule has 0 aliphatic heterocycles. The van der Waals surface area contributed by atoms with Crippen molar-refractivity contribution in [3.05, 3.63) is 95.3 Å². The predicted octanol–water partition coefficient (Wildman–Crippen LogP) is 4.81. The first-order valence-electron chi connectivity index (χ1n) is 8.59. The molecule has 3 aromatic carbocycles. The molecule has 0 radical (unpaired) electrons. The van der Waals surface area contributed by atoms with Crippen LogP contribution in [0.4, 0.5) is 4.39 Å². The second-order valence-corrected chi connectivity index (χ2v) is 7.81. The minimum Gasteiger partial charge on any atom is -0.467 e. The van der Waals surface area contributed by atoms with Crippen molar-refractivity contribution in [1.29, 1.82) is 0 Å². The van der Waals surface area contributed by atoms with E-state index in [0.29, 0.717) is 11.1 Å². The summed E-state index contributed by atoms with van der Waals surface area (Å²) in [7, 11) is 0.283. The van der Waals surface area contributed by atoms with E-state index in [0.717, 1.165) is 17.5 Å². The van der Waals surface area contributed by atoms with E-state index in [9.17, 15) is 9.50 Å². The SMILES string of the molecule is CC(Pc1ccccc1F)c1cccc(Cc2ccccc2)c1OCO. The van der Waals surface area contributed by atoms with Crippen LogP contribution >= 0.6 is 8.58 Å². The third-order valence-electron chi connectivity index (χ3n) is 4.29. The Hall–Kier alpha value is -2.22. The second-order valence-electron chi connectivity index (χ2n) is 6.12. The van der Waals surface area contributed by atoms with Gasteiger partial charge in [-0.2, -0.15) is 0 Å². The standard InChI is InChI=1S/C22H22FO2P/c1-16(26-21-13-6-5-12-20(21)23)19-11-7-10-18(22(19)25-15-24)14-17-8-3-2-4-9-17/h2-13,16,24,26H,14-15H2,1H3. The number of hydrogen-bond acceptors (Lipinski definition) is 2.